The summed E-state index contributed by atoms with van der Waals surface area (Å²) in [6.45, 7) is 2.38. The Morgan fingerprint density at radius 1 is 1.08 bits per heavy atom. The van der Waals surface area contributed by atoms with Crippen LogP contribution in [-0.2, 0) is 0 Å². The first-order chi connectivity index (χ1) is 12.2. The van der Waals surface area contributed by atoms with Crippen molar-refractivity contribution in [2.45, 2.75) is 18.9 Å². The third-order valence-corrected chi connectivity index (χ3v) is 5.29. The summed E-state index contributed by atoms with van der Waals surface area (Å²) in [4.78, 5) is 18.7. The Bertz CT molecular complexity index is 718. The molecule has 4 rings (SSSR count). The Balaban J connectivity index is 1.29. The summed E-state index contributed by atoms with van der Waals surface area (Å²) in [5.74, 6) is 2.41. The fourth-order valence-corrected chi connectivity index (χ4v) is 4.12. The predicted molar refractivity (Wildman–Crippen MR) is 93.7 cm³/mol. The van der Waals surface area contributed by atoms with Crippen molar-refractivity contribution in [2.75, 3.05) is 19.6 Å². The Kier molecular flexibility index (Phi) is 4.40. The lowest BCUT2D eigenvalue weighted by atomic mass is 10.0. The van der Waals surface area contributed by atoms with Crippen LogP contribution < -0.4 is 4.74 Å². The zero-order valence-electron chi connectivity index (χ0n) is 14.0. The Morgan fingerprint density at radius 3 is 2.36 bits per heavy atom. The number of pyridine rings is 1. The first-order valence-electron chi connectivity index (χ1n) is 8.78. The van der Waals surface area contributed by atoms with E-state index in [1.165, 1.54) is 0 Å². The van der Waals surface area contributed by atoms with Crippen LogP contribution in [0.1, 0.15) is 23.2 Å². The number of aromatic hydroxyl groups is 1. The van der Waals surface area contributed by atoms with Crippen molar-refractivity contribution in [1.29, 1.82) is 0 Å². The molecule has 1 saturated heterocycles. The number of hydrogen-bond donors (Lipinski definition) is 1. The molecule has 5 heteroatoms. The summed E-state index contributed by atoms with van der Waals surface area (Å²) in [6, 6.07) is 10.3. The van der Waals surface area contributed by atoms with Gasteiger partial charge in [-0.25, -0.2) is 0 Å². The van der Waals surface area contributed by atoms with Crippen LogP contribution in [0.15, 0.2) is 48.8 Å². The van der Waals surface area contributed by atoms with Crippen molar-refractivity contribution in [3.05, 3.63) is 54.4 Å². The fourth-order valence-electron chi connectivity index (χ4n) is 4.12. The second kappa shape index (κ2) is 6.84. The monoisotopic (exact) mass is 338 g/mol. The van der Waals surface area contributed by atoms with Crippen LogP contribution in [0.2, 0.25) is 0 Å². The molecule has 2 unspecified atom stereocenters. The summed E-state index contributed by atoms with van der Waals surface area (Å²) < 4.78 is 6.06. The lowest BCUT2D eigenvalue weighted by Gasteiger charge is -2.19. The lowest BCUT2D eigenvalue weighted by Crippen LogP contribution is -2.30. The predicted octanol–water partition coefficient (Wildman–Crippen LogP) is 2.76. The van der Waals surface area contributed by atoms with E-state index < -0.39 is 0 Å². The Labute approximate surface area is 147 Å². The molecule has 5 nitrogen and oxygen atoms in total. The van der Waals surface area contributed by atoms with Gasteiger partial charge in [0.25, 0.3) is 0 Å². The van der Waals surface area contributed by atoms with Gasteiger partial charge in [0.1, 0.15) is 11.5 Å². The average molecular weight is 338 g/mol. The molecule has 1 aromatic heterocycles. The van der Waals surface area contributed by atoms with E-state index in [1.807, 2.05) is 12.1 Å². The molecular weight excluding hydrogens is 316 g/mol. The summed E-state index contributed by atoms with van der Waals surface area (Å²) in [7, 11) is 0. The topological polar surface area (TPSA) is 62.7 Å². The Morgan fingerprint density at radius 2 is 1.72 bits per heavy atom. The molecule has 2 atom stereocenters. The highest BCUT2D eigenvalue weighted by molar-refractivity contribution is 5.97. The average Bonchev–Trinajstić information content (AvgIpc) is 3.14. The largest absolute Gasteiger partial charge is 0.508 e. The molecule has 1 aliphatic carbocycles. The van der Waals surface area contributed by atoms with Gasteiger partial charge in [0.15, 0.2) is 5.78 Å². The second-order valence-corrected chi connectivity index (χ2v) is 7.08. The van der Waals surface area contributed by atoms with E-state index in [2.05, 4.69) is 9.88 Å². The number of benzene rings is 1. The van der Waals surface area contributed by atoms with Crippen molar-refractivity contribution in [3.63, 3.8) is 0 Å². The zero-order chi connectivity index (χ0) is 17.2. The van der Waals surface area contributed by atoms with Gasteiger partial charge in [-0.05, 0) is 61.1 Å². The minimum absolute atomic E-state index is 0.115. The van der Waals surface area contributed by atoms with Crippen LogP contribution in [-0.4, -0.2) is 46.5 Å². The second-order valence-electron chi connectivity index (χ2n) is 7.08. The van der Waals surface area contributed by atoms with E-state index in [0.29, 0.717) is 23.9 Å². The van der Waals surface area contributed by atoms with Gasteiger partial charge in [-0.3, -0.25) is 14.7 Å². The molecule has 0 bridgehead atoms. The van der Waals surface area contributed by atoms with Gasteiger partial charge in [-0.15, -0.1) is 0 Å². The minimum atomic E-state index is 0.115. The first kappa shape index (κ1) is 16.1. The molecule has 2 fully saturated rings. The maximum Gasteiger partial charge on any atom is 0.176 e. The van der Waals surface area contributed by atoms with Gasteiger partial charge in [0.05, 0.1) is 12.6 Å². The number of carbonyl (C=O) groups excluding carboxylic acids is 1. The van der Waals surface area contributed by atoms with E-state index >= 15 is 0 Å². The number of Topliss-reactive ketones (excluding diaryl/α,β-unsaturated/α-hetero) is 1. The van der Waals surface area contributed by atoms with Crippen LogP contribution in [0.5, 0.6) is 11.5 Å². The lowest BCUT2D eigenvalue weighted by molar-refractivity contribution is 0.0936. The number of phenols is 1. The van der Waals surface area contributed by atoms with Gasteiger partial charge < -0.3 is 9.84 Å². The molecule has 2 aliphatic rings. The molecule has 0 radical (unpaired) electrons. The summed E-state index contributed by atoms with van der Waals surface area (Å²) in [6.07, 6.45) is 5.88. The number of carbonyl (C=O) groups is 1. The van der Waals surface area contributed by atoms with E-state index in [-0.39, 0.29) is 17.6 Å². The number of hydrogen-bond acceptors (Lipinski definition) is 5. The van der Waals surface area contributed by atoms with Crippen molar-refractivity contribution in [3.8, 4) is 11.5 Å². The van der Waals surface area contributed by atoms with Crippen LogP contribution in [0.3, 0.4) is 0 Å². The third-order valence-electron chi connectivity index (χ3n) is 5.29. The van der Waals surface area contributed by atoms with Gasteiger partial charge in [-0.1, -0.05) is 0 Å². The fraction of sp³-hybridized carbons (Fsp3) is 0.400. The number of aromatic nitrogens is 1. The molecule has 130 valence electrons. The van der Waals surface area contributed by atoms with Gasteiger partial charge in [0, 0.05) is 31.0 Å². The normalized spacial score (nSPS) is 25.7. The highest BCUT2D eigenvalue weighted by Crippen LogP contribution is 2.39. The van der Waals surface area contributed by atoms with E-state index in [4.69, 9.17) is 4.74 Å². The van der Waals surface area contributed by atoms with Crippen LogP contribution in [0.25, 0.3) is 0 Å². The standard InChI is InChI=1S/C20H22N2O3/c23-17-3-1-14(2-4-17)20(24)13-22-11-15-9-19(10-16(15)12-22)25-18-5-7-21-8-6-18/h1-8,15-16,19,23H,9-13H2. The third kappa shape index (κ3) is 3.66. The highest BCUT2D eigenvalue weighted by atomic mass is 16.5. The number of rotatable bonds is 5. The van der Waals surface area contributed by atoms with Crippen LogP contribution in [0, 0.1) is 11.8 Å². The van der Waals surface area contributed by atoms with E-state index in [9.17, 15) is 9.90 Å². The number of ether oxygens (including phenoxy) is 1. The number of likely N-dealkylation sites (tertiary alicyclic amines) is 1. The molecule has 2 heterocycles. The molecule has 25 heavy (non-hydrogen) atoms. The van der Waals surface area contributed by atoms with Gasteiger partial charge >= 0.3 is 0 Å². The van der Waals surface area contributed by atoms with Crippen LogP contribution in [0.4, 0.5) is 0 Å². The van der Waals surface area contributed by atoms with Gasteiger partial charge in [-0.2, -0.15) is 0 Å². The summed E-state index contributed by atoms with van der Waals surface area (Å²) in [5.41, 5.74) is 0.661. The van der Waals surface area contributed by atoms with Crippen molar-refractivity contribution >= 4 is 5.78 Å². The maximum atomic E-state index is 12.4. The molecule has 1 saturated carbocycles. The molecule has 0 spiro atoms. The smallest absolute Gasteiger partial charge is 0.176 e. The van der Waals surface area contributed by atoms with Crippen molar-refractivity contribution in [1.82, 2.24) is 9.88 Å². The van der Waals surface area contributed by atoms with Gasteiger partial charge in [0.2, 0.25) is 0 Å². The number of nitrogens with zero attached hydrogens (tertiary/aromatic N) is 2. The molecule has 1 aromatic carbocycles. The molecule has 1 aliphatic heterocycles. The highest BCUT2D eigenvalue weighted by Gasteiger charge is 2.42. The van der Waals surface area contributed by atoms with E-state index in [1.54, 1.807) is 36.7 Å². The number of fused-ring (bicyclic) bond motifs is 1. The molecule has 0 amide bonds. The molecule has 1 N–H and O–H groups in total. The van der Waals surface area contributed by atoms with Crippen molar-refractivity contribution in [2.24, 2.45) is 11.8 Å². The van der Waals surface area contributed by atoms with E-state index in [0.717, 1.165) is 31.7 Å². The van der Waals surface area contributed by atoms with Crippen LogP contribution >= 0.6 is 0 Å². The molecule has 2 aromatic rings. The zero-order valence-corrected chi connectivity index (χ0v) is 14.0. The SMILES string of the molecule is O=C(CN1CC2CC(Oc3ccncc3)CC2C1)c1ccc(O)cc1. The maximum absolute atomic E-state index is 12.4. The first-order valence-corrected chi connectivity index (χ1v) is 8.78. The van der Waals surface area contributed by atoms with Crippen molar-refractivity contribution < 1.29 is 14.6 Å². The quantitative estimate of drug-likeness (QED) is 0.850. The minimum Gasteiger partial charge on any atom is -0.508 e. The summed E-state index contributed by atoms with van der Waals surface area (Å²) >= 11 is 0. The number of ketones is 1. The Hall–Kier alpha value is -2.40. The number of phenolic OH excluding ortho intramolecular Hbond substituents is 1. The summed E-state index contributed by atoms with van der Waals surface area (Å²) in [5, 5.41) is 9.33. The molecular formula is C20H22N2O3.